The second-order valence-electron chi connectivity index (χ2n) is 6.62. The highest BCUT2D eigenvalue weighted by molar-refractivity contribution is 5.81. The van der Waals surface area contributed by atoms with Crippen LogP contribution in [0.1, 0.15) is 18.1 Å². The van der Waals surface area contributed by atoms with Gasteiger partial charge in [0.05, 0.1) is 18.2 Å². The van der Waals surface area contributed by atoms with Gasteiger partial charge >= 0.3 is 0 Å². The number of fused-ring (bicyclic) bond motifs is 2. The van der Waals surface area contributed by atoms with Crippen molar-refractivity contribution in [1.82, 2.24) is 14.7 Å². The van der Waals surface area contributed by atoms with Gasteiger partial charge in [0, 0.05) is 18.5 Å². The highest BCUT2D eigenvalue weighted by atomic mass is 16.5. The van der Waals surface area contributed by atoms with Crippen molar-refractivity contribution in [3.63, 3.8) is 0 Å². The molecule has 0 fully saturated rings. The highest BCUT2D eigenvalue weighted by Crippen LogP contribution is 2.24. The summed E-state index contributed by atoms with van der Waals surface area (Å²) in [4.78, 5) is 27.1. The minimum atomic E-state index is -0.238. The van der Waals surface area contributed by atoms with E-state index >= 15 is 0 Å². The molecule has 0 atom stereocenters. The number of amides is 1. The maximum atomic E-state index is 12.8. The van der Waals surface area contributed by atoms with Gasteiger partial charge in [-0.2, -0.15) is 5.10 Å². The lowest BCUT2D eigenvalue weighted by Gasteiger charge is -2.29. The minimum Gasteiger partial charge on any atom is -0.494 e. The van der Waals surface area contributed by atoms with Crippen LogP contribution in [0.25, 0.3) is 10.8 Å². The second-order valence-corrected chi connectivity index (χ2v) is 6.62. The van der Waals surface area contributed by atoms with Crippen LogP contribution in [-0.2, 0) is 24.3 Å². The Hall–Kier alpha value is -3.15. The number of aromatic nitrogens is 2. The fraction of sp³-hybridized carbons (Fsp3) is 0.286. The number of carbonyl (C=O) groups excluding carboxylic acids is 1. The molecule has 0 unspecified atom stereocenters. The van der Waals surface area contributed by atoms with Crippen LogP contribution < -0.4 is 10.3 Å². The normalized spacial score (nSPS) is 13.4. The molecule has 1 amide bonds. The van der Waals surface area contributed by atoms with Gasteiger partial charge < -0.3 is 9.64 Å². The zero-order valence-electron chi connectivity index (χ0n) is 15.2. The number of rotatable bonds is 4. The number of nitrogens with zero attached hydrogens (tertiary/aromatic N) is 3. The lowest BCUT2D eigenvalue weighted by molar-refractivity contribution is -0.133. The average Bonchev–Trinajstić information content (AvgIpc) is 2.70. The van der Waals surface area contributed by atoms with Gasteiger partial charge in [0.15, 0.2) is 0 Å². The Morgan fingerprint density at radius 3 is 2.89 bits per heavy atom. The molecule has 2 aromatic carbocycles. The largest absolute Gasteiger partial charge is 0.494 e. The molecule has 4 rings (SSSR count). The first-order chi connectivity index (χ1) is 13.2. The van der Waals surface area contributed by atoms with E-state index in [4.69, 9.17) is 4.74 Å². The summed E-state index contributed by atoms with van der Waals surface area (Å²) in [7, 11) is 0. The van der Waals surface area contributed by atoms with Crippen molar-refractivity contribution in [2.75, 3.05) is 13.2 Å². The van der Waals surface area contributed by atoms with Crippen molar-refractivity contribution < 1.29 is 9.53 Å². The number of benzene rings is 2. The van der Waals surface area contributed by atoms with Gasteiger partial charge in [-0.1, -0.05) is 24.3 Å². The zero-order chi connectivity index (χ0) is 18.8. The van der Waals surface area contributed by atoms with E-state index < -0.39 is 0 Å². The number of hydrogen-bond acceptors (Lipinski definition) is 4. The van der Waals surface area contributed by atoms with Gasteiger partial charge in [0.2, 0.25) is 5.91 Å². The van der Waals surface area contributed by atoms with Gasteiger partial charge in [-0.3, -0.25) is 9.59 Å². The van der Waals surface area contributed by atoms with E-state index in [-0.39, 0.29) is 18.0 Å². The first-order valence-corrected chi connectivity index (χ1v) is 9.13. The summed E-state index contributed by atoms with van der Waals surface area (Å²) in [5, 5.41) is 5.51. The van der Waals surface area contributed by atoms with Crippen LogP contribution in [0.5, 0.6) is 5.75 Å². The summed E-state index contributed by atoms with van der Waals surface area (Å²) < 4.78 is 6.81. The Morgan fingerprint density at radius 1 is 1.19 bits per heavy atom. The summed E-state index contributed by atoms with van der Waals surface area (Å²) in [5.74, 6) is 0.713. The fourth-order valence-corrected chi connectivity index (χ4v) is 3.47. The molecule has 2 heterocycles. The van der Waals surface area contributed by atoms with Crippen LogP contribution in [0, 0.1) is 0 Å². The molecule has 138 valence electrons. The molecule has 1 aromatic heterocycles. The third-order valence-corrected chi connectivity index (χ3v) is 4.90. The van der Waals surface area contributed by atoms with Crippen molar-refractivity contribution in [2.24, 2.45) is 0 Å². The second kappa shape index (κ2) is 7.23. The van der Waals surface area contributed by atoms with Gasteiger partial charge in [-0.15, -0.1) is 0 Å². The highest BCUT2D eigenvalue weighted by Gasteiger charge is 2.22. The Labute approximate surface area is 157 Å². The van der Waals surface area contributed by atoms with Gasteiger partial charge in [-0.05, 0) is 42.7 Å². The summed E-state index contributed by atoms with van der Waals surface area (Å²) >= 11 is 0. The van der Waals surface area contributed by atoms with Crippen LogP contribution in [-0.4, -0.2) is 33.7 Å². The van der Waals surface area contributed by atoms with Crippen LogP contribution in [0.3, 0.4) is 0 Å². The number of carbonyl (C=O) groups is 1. The standard InChI is InChI=1S/C21H21N3O3/c1-2-27-18-8-7-15-9-10-23(13-17(15)11-18)20(25)14-24-21(26)19-6-4-3-5-16(19)12-22-24/h3-8,11-12H,2,9-10,13-14H2,1H3. The Bertz CT molecular complexity index is 1060. The van der Waals surface area contributed by atoms with E-state index in [9.17, 15) is 9.59 Å². The van der Waals surface area contributed by atoms with Crippen LogP contribution in [0.2, 0.25) is 0 Å². The van der Waals surface area contributed by atoms with E-state index in [1.807, 2.05) is 37.3 Å². The smallest absolute Gasteiger partial charge is 0.275 e. The molecule has 0 radical (unpaired) electrons. The molecule has 1 aliphatic heterocycles. The minimum absolute atomic E-state index is 0.0514. The molecule has 0 saturated heterocycles. The molecule has 0 spiro atoms. The van der Waals surface area contributed by atoms with E-state index in [1.54, 1.807) is 17.2 Å². The van der Waals surface area contributed by atoms with Crippen LogP contribution in [0.4, 0.5) is 0 Å². The van der Waals surface area contributed by atoms with Gasteiger partial charge in [-0.25, -0.2) is 4.68 Å². The molecule has 0 saturated carbocycles. The lowest BCUT2D eigenvalue weighted by Crippen LogP contribution is -2.40. The number of hydrogen-bond donors (Lipinski definition) is 0. The Kier molecular flexibility index (Phi) is 4.62. The van der Waals surface area contributed by atoms with E-state index in [0.29, 0.717) is 25.1 Å². The van der Waals surface area contributed by atoms with Crippen molar-refractivity contribution in [3.05, 3.63) is 70.1 Å². The molecule has 0 aliphatic carbocycles. The van der Waals surface area contributed by atoms with Crippen molar-refractivity contribution in [2.45, 2.75) is 26.4 Å². The maximum absolute atomic E-state index is 12.8. The third-order valence-electron chi connectivity index (χ3n) is 4.90. The summed E-state index contributed by atoms with van der Waals surface area (Å²) in [5.41, 5.74) is 2.10. The third kappa shape index (κ3) is 3.43. The average molecular weight is 363 g/mol. The molecular formula is C21H21N3O3. The van der Waals surface area contributed by atoms with Crippen LogP contribution in [0.15, 0.2) is 53.5 Å². The van der Waals surface area contributed by atoms with Gasteiger partial charge in [0.1, 0.15) is 12.3 Å². The number of ether oxygens (including phenoxy) is 1. The molecule has 3 aromatic rings. The fourth-order valence-electron chi connectivity index (χ4n) is 3.47. The van der Waals surface area contributed by atoms with Gasteiger partial charge in [0.25, 0.3) is 5.56 Å². The molecule has 27 heavy (non-hydrogen) atoms. The predicted octanol–water partition coefficient (Wildman–Crippen LogP) is 2.38. The van der Waals surface area contributed by atoms with Crippen molar-refractivity contribution in [1.29, 1.82) is 0 Å². The van der Waals surface area contributed by atoms with Crippen molar-refractivity contribution >= 4 is 16.7 Å². The molecule has 1 aliphatic rings. The van der Waals surface area contributed by atoms with E-state index in [0.717, 1.165) is 23.1 Å². The van der Waals surface area contributed by atoms with Crippen molar-refractivity contribution in [3.8, 4) is 5.75 Å². The molecule has 6 heteroatoms. The summed E-state index contributed by atoms with van der Waals surface area (Å²) in [6.45, 7) is 3.67. The monoisotopic (exact) mass is 363 g/mol. The first kappa shape index (κ1) is 17.3. The topological polar surface area (TPSA) is 64.4 Å². The Balaban J connectivity index is 1.53. The SMILES string of the molecule is CCOc1ccc2c(c1)CN(C(=O)Cn1ncc3ccccc3c1=O)CC2. The molecular weight excluding hydrogens is 342 g/mol. The van der Waals surface area contributed by atoms with E-state index in [1.165, 1.54) is 10.2 Å². The quantitative estimate of drug-likeness (QED) is 0.714. The molecule has 6 nitrogen and oxygen atoms in total. The molecule has 0 N–H and O–H groups in total. The zero-order valence-corrected chi connectivity index (χ0v) is 15.2. The first-order valence-electron chi connectivity index (χ1n) is 9.13. The Morgan fingerprint density at radius 2 is 2.04 bits per heavy atom. The maximum Gasteiger partial charge on any atom is 0.275 e. The summed E-state index contributed by atoms with van der Waals surface area (Å²) in [6, 6.07) is 13.3. The predicted molar refractivity (Wildman–Crippen MR) is 103 cm³/mol. The van der Waals surface area contributed by atoms with E-state index in [2.05, 4.69) is 11.2 Å². The molecule has 0 bridgehead atoms. The summed E-state index contributed by atoms with van der Waals surface area (Å²) in [6.07, 6.45) is 2.43. The lowest BCUT2D eigenvalue weighted by atomic mass is 9.99. The van der Waals surface area contributed by atoms with Crippen LogP contribution >= 0.6 is 0 Å².